The molecule has 0 aliphatic rings. The van der Waals surface area contributed by atoms with E-state index in [0.717, 1.165) is 37.2 Å². The number of rotatable bonds is 11. The average molecular weight is 348 g/mol. The van der Waals surface area contributed by atoms with E-state index < -0.39 is 0 Å². The molecular formula is C20H29FN2O2. The smallest absolute Gasteiger partial charge is 0.123 e. The maximum absolute atomic E-state index is 13.4. The van der Waals surface area contributed by atoms with Crippen molar-refractivity contribution in [3.05, 3.63) is 59.7 Å². The molecule has 1 aromatic carbocycles. The van der Waals surface area contributed by atoms with E-state index in [1.54, 1.807) is 19.2 Å². The fourth-order valence-electron chi connectivity index (χ4n) is 2.90. The lowest BCUT2D eigenvalue weighted by atomic mass is 10.2. The summed E-state index contributed by atoms with van der Waals surface area (Å²) in [5.74, 6) is -0.210. The average Bonchev–Trinajstić information content (AvgIpc) is 3.01. The normalized spacial score (nSPS) is 12.7. The van der Waals surface area contributed by atoms with E-state index in [1.165, 1.54) is 6.07 Å². The molecule has 1 atom stereocenters. The predicted octanol–water partition coefficient (Wildman–Crippen LogP) is 3.28. The van der Waals surface area contributed by atoms with Crippen molar-refractivity contribution >= 4 is 0 Å². The summed E-state index contributed by atoms with van der Waals surface area (Å²) in [6.45, 7) is 5.61. The molecule has 25 heavy (non-hydrogen) atoms. The Bertz CT molecular complexity index is 630. The van der Waals surface area contributed by atoms with E-state index >= 15 is 0 Å². The molecule has 4 nitrogen and oxygen atoms in total. The van der Waals surface area contributed by atoms with Gasteiger partial charge in [0, 0.05) is 51.8 Å². The van der Waals surface area contributed by atoms with E-state index in [4.69, 9.17) is 4.74 Å². The molecule has 2 rings (SSSR count). The Kier molecular flexibility index (Phi) is 8.12. The van der Waals surface area contributed by atoms with E-state index in [1.807, 2.05) is 25.3 Å². The van der Waals surface area contributed by atoms with E-state index in [9.17, 15) is 9.50 Å². The molecule has 0 fully saturated rings. The van der Waals surface area contributed by atoms with Crippen LogP contribution in [-0.2, 0) is 17.8 Å². The van der Waals surface area contributed by atoms with Crippen LogP contribution in [0.5, 0.6) is 0 Å². The van der Waals surface area contributed by atoms with Crippen LogP contribution in [0.15, 0.2) is 42.6 Å². The first-order valence-corrected chi connectivity index (χ1v) is 8.90. The minimum atomic E-state index is -0.325. The van der Waals surface area contributed by atoms with Crippen molar-refractivity contribution in [1.82, 2.24) is 9.47 Å². The Morgan fingerprint density at radius 2 is 2.12 bits per heavy atom. The third kappa shape index (κ3) is 6.61. The van der Waals surface area contributed by atoms with Crippen molar-refractivity contribution < 1.29 is 14.2 Å². The van der Waals surface area contributed by atoms with E-state index in [-0.39, 0.29) is 11.9 Å². The lowest BCUT2D eigenvalue weighted by molar-refractivity contribution is 0.0956. The standard InChI is InChI=1S/C20H29FN2O2/c1-3-20(24)16-22(10-6-12-25-2)15-19-9-5-11-23(19)14-17-7-4-8-18(21)13-17/h4-5,7-9,11,13,20,24H,3,6,10,12,14-16H2,1-2H3/t20-/m0/s1. The number of ether oxygens (including phenoxy) is 1. The first-order chi connectivity index (χ1) is 12.1. The molecule has 138 valence electrons. The van der Waals surface area contributed by atoms with Gasteiger partial charge in [-0.25, -0.2) is 4.39 Å². The van der Waals surface area contributed by atoms with Gasteiger partial charge in [0.2, 0.25) is 0 Å². The van der Waals surface area contributed by atoms with Crippen LogP contribution in [0.1, 0.15) is 31.0 Å². The number of benzene rings is 1. The molecule has 0 unspecified atom stereocenters. The van der Waals surface area contributed by atoms with Crippen LogP contribution < -0.4 is 0 Å². The maximum atomic E-state index is 13.4. The van der Waals surface area contributed by atoms with Crippen molar-refractivity contribution in [2.75, 3.05) is 26.8 Å². The summed E-state index contributed by atoms with van der Waals surface area (Å²) in [7, 11) is 1.70. The molecule has 0 aliphatic carbocycles. The summed E-state index contributed by atoms with van der Waals surface area (Å²) in [6.07, 6.45) is 3.36. The highest BCUT2D eigenvalue weighted by Gasteiger charge is 2.13. The van der Waals surface area contributed by atoms with Gasteiger partial charge in [0.1, 0.15) is 5.82 Å². The van der Waals surface area contributed by atoms with Crippen LogP contribution in [-0.4, -0.2) is 47.5 Å². The lowest BCUT2D eigenvalue weighted by Gasteiger charge is -2.25. The molecule has 0 aliphatic heterocycles. The zero-order valence-electron chi connectivity index (χ0n) is 15.2. The number of halogens is 1. The van der Waals surface area contributed by atoms with Crippen LogP contribution in [0, 0.1) is 5.82 Å². The maximum Gasteiger partial charge on any atom is 0.123 e. The van der Waals surface area contributed by atoms with Crippen molar-refractivity contribution in [1.29, 1.82) is 0 Å². The number of hydrogen-bond acceptors (Lipinski definition) is 3. The summed E-state index contributed by atoms with van der Waals surface area (Å²) in [5.41, 5.74) is 2.10. The molecule has 2 aromatic rings. The van der Waals surface area contributed by atoms with Crippen molar-refractivity contribution in [3.8, 4) is 0 Å². The second-order valence-corrected chi connectivity index (χ2v) is 6.40. The SMILES string of the molecule is CC[C@H](O)CN(CCCOC)Cc1cccn1Cc1cccc(F)c1. The van der Waals surface area contributed by atoms with Gasteiger partial charge in [-0.05, 0) is 42.7 Å². The van der Waals surface area contributed by atoms with Crippen LogP contribution in [0.2, 0.25) is 0 Å². The molecule has 0 amide bonds. The second-order valence-electron chi connectivity index (χ2n) is 6.40. The van der Waals surface area contributed by atoms with Gasteiger partial charge < -0.3 is 14.4 Å². The number of methoxy groups -OCH3 is 1. The van der Waals surface area contributed by atoms with Gasteiger partial charge in [0.25, 0.3) is 0 Å². The fourth-order valence-corrected chi connectivity index (χ4v) is 2.90. The summed E-state index contributed by atoms with van der Waals surface area (Å²) >= 11 is 0. The number of aliphatic hydroxyl groups excluding tert-OH is 1. The Morgan fingerprint density at radius 3 is 2.84 bits per heavy atom. The molecule has 0 saturated heterocycles. The van der Waals surface area contributed by atoms with Gasteiger partial charge >= 0.3 is 0 Å². The largest absolute Gasteiger partial charge is 0.392 e. The zero-order valence-corrected chi connectivity index (χ0v) is 15.2. The number of aliphatic hydroxyl groups is 1. The monoisotopic (exact) mass is 348 g/mol. The minimum Gasteiger partial charge on any atom is -0.392 e. The fraction of sp³-hybridized carbons (Fsp3) is 0.500. The highest BCUT2D eigenvalue weighted by molar-refractivity contribution is 5.18. The second kappa shape index (κ2) is 10.3. The number of nitrogens with zero attached hydrogens (tertiary/aromatic N) is 2. The quantitative estimate of drug-likeness (QED) is 0.633. The highest BCUT2D eigenvalue weighted by atomic mass is 19.1. The van der Waals surface area contributed by atoms with Gasteiger partial charge in [-0.1, -0.05) is 19.1 Å². The zero-order chi connectivity index (χ0) is 18.1. The molecular weight excluding hydrogens is 319 g/mol. The van der Waals surface area contributed by atoms with Gasteiger partial charge in [0.05, 0.1) is 6.10 Å². The van der Waals surface area contributed by atoms with E-state index in [0.29, 0.717) is 19.7 Å². The number of aromatic nitrogens is 1. The molecule has 5 heteroatoms. The van der Waals surface area contributed by atoms with Gasteiger partial charge in [-0.3, -0.25) is 4.90 Å². The summed E-state index contributed by atoms with van der Waals surface area (Å²) < 4.78 is 20.7. The highest BCUT2D eigenvalue weighted by Crippen LogP contribution is 2.13. The first kappa shape index (κ1) is 19.6. The summed E-state index contributed by atoms with van der Waals surface area (Å²) in [5, 5.41) is 10.0. The van der Waals surface area contributed by atoms with Gasteiger partial charge in [0.15, 0.2) is 0 Å². The number of hydrogen-bond donors (Lipinski definition) is 1. The topological polar surface area (TPSA) is 37.6 Å². The van der Waals surface area contributed by atoms with E-state index in [2.05, 4.69) is 15.5 Å². The first-order valence-electron chi connectivity index (χ1n) is 8.90. The molecule has 0 spiro atoms. The summed E-state index contributed by atoms with van der Waals surface area (Å²) in [6, 6.07) is 10.8. The molecule has 0 bridgehead atoms. The van der Waals surface area contributed by atoms with Crippen LogP contribution in [0.3, 0.4) is 0 Å². The predicted molar refractivity (Wildman–Crippen MR) is 98.0 cm³/mol. The van der Waals surface area contributed by atoms with Gasteiger partial charge in [-0.2, -0.15) is 0 Å². The molecule has 0 saturated carbocycles. The third-order valence-electron chi connectivity index (χ3n) is 4.31. The van der Waals surface area contributed by atoms with Gasteiger partial charge in [-0.15, -0.1) is 0 Å². The molecule has 0 radical (unpaired) electrons. The minimum absolute atomic E-state index is 0.210. The molecule has 1 heterocycles. The van der Waals surface area contributed by atoms with Crippen molar-refractivity contribution in [3.63, 3.8) is 0 Å². The third-order valence-corrected chi connectivity index (χ3v) is 4.31. The van der Waals surface area contributed by atoms with Crippen LogP contribution >= 0.6 is 0 Å². The Labute approximate surface area is 149 Å². The van der Waals surface area contributed by atoms with Crippen LogP contribution in [0.25, 0.3) is 0 Å². The lowest BCUT2D eigenvalue weighted by Crippen LogP contribution is -2.33. The Morgan fingerprint density at radius 1 is 1.28 bits per heavy atom. The Hall–Kier alpha value is -1.69. The van der Waals surface area contributed by atoms with Crippen molar-refractivity contribution in [2.24, 2.45) is 0 Å². The van der Waals surface area contributed by atoms with Crippen LogP contribution in [0.4, 0.5) is 4.39 Å². The summed E-state index contributed by atoms with van der Waals surface area (Å²) in [4.78, 5) is 2.25. The Balaban J connectivity index is 2.04. The molecule has 1 N–H and O–H groups in total. The van der Waals surface area contributed by atoms with Crippen molar-refractivity contribution in [2.45, 2.75) is 39.0 Å². The molecule has 1 aromatic heterocycles.